The Morgan fingerprint density at radius 3 is 2.50 bits per heavy atom. The van der Waals surface area contributed by atoms with E-state index in [1.165, 1.54) is 0 Å². The number of aliphatic hydroxyl groups excluding tert-OH is 1. The Balaban J connectivity index is 3.07. The summed E-state index contributed by atoms with van der Waals surface area (Å²) in [5, 5.41) is 8.51. The summed E-state index contributed by atoms with van der Waals surface area (Å²) in [6.07, 6.45) is 0.879. The molecule has 0 aliphatic carbocycles. The molecule has 0 bridgehead atoms. The lowest BCUT2D eigenvalue weighted by molar-refractivity contribution is 0.0389. The van der Waals surface area contributed by atoms with E-state index in [9.17, 15) is 0 Å². The molecule has 0 amide bonds. The van der Waals surface area contributed by atoms with Crippen molar-refractivity contribution in [2.24, 2.45) is 0 Å². The number of rotatable bonds is 4. The van der Waals surface area contributed by atoms with Crippen LogP contribution in [0.5, 0.6) is 0 Å². The zero-order valence-electron chi connectivity index (χ0n) is 5.35. The summed E-state index contributed by atoms with van der Waals surface area (Å²) < 4.78 is 0. The van der Waals surface area contributed by atoms with E-state index in [2.05, 4.69) is 10.3 Å². The van der Waals surface area contributed by atoms with Crippen LogP contribution >= 0.6 is 0 Å². The standard InChI is InChI=1S/C5H13NO2/c1-3-5(4-7)6-8-2/h5-7H,3-4H2,1-2H3. The van der Waals surface area contributed by atoms with Gasteiger partial charge in [-0.15, -0.1) is 0 Å². The van der Waals surface area contributed by atoms with Gasteiger partial charge in [0.25, 0.3) is 0 Å². The van der Waals surface area contributed by atoms with E-state index >= 15 is 0 Å². The van der Waals surface area contributed by atoms with Crippen molar-refractivity contribution in [2.75, 3.05) is 13.7 Å². The molecule has 0 aromatic carbocycles. The van der Waals surface area contributed by atoms with Crippen LogP contribution in [0.1, 0.15) is 13.3 Å². The third kappa shape index (κ3) is 2.96. The fraction of sp³-hybridized carbons (Fsp3) is 1.00. The number of hydrogen-bond donors (Lipinski definition) is 2. The second kappa shape index (κ2) is 5.03. The summed E-state index contributed by atoms with van der Waals surface area (Å²) in [5.74, 6) is 0. The molecule has 0 rings (SSSR count). The van der Waals surface area contributed by atoms with Crippen molar-refractivity contribution in [3.05, 3.63) is 0 Å². The van der Waals surface area contributed by atoms with Crippen LogP contribution in [0.4, 0.5) is 0 Å². The Kier molecular flexibility index (Phi) is 4.95. The fourth-order valence-corrected chi connectivity index (χ4v) is 0.416. The van der Waals surface area contributed by atoms with Gasteiger partial charge in [0.15, 0.2) is 0 Å². The lowest BCUT2D eigenvalue weighted by Crippen LogP contribution is -2.30. The first-order valence-electron chi connectivity index (χ1n) is 2.74. The van der Waals surface area contributed by atoms with Crippen LogP contribution in [0.3, 0.4) is 0 Å². The predicted octanol–water partition coefficient (Wildman–Crippen LogP) is -0.0917. The van der Waals surface area contributed by atoms with Crippen molar-refractivity contribution < 1.29 is 9.94 Å². The molecule has 3 heteroatoms. The second-order valence-corrected chi connectivity index (χ2v) is 1.61. The summed E-state index contributed by atoms with van der Waals surface area (Å²) in [6.45, 7) is 2.11. The van der Waals surface area contributed by atoms with Gasteiger partial charge in [0.05, 0.1) is 19.8 Å². The highest BCUT2D eigenvalue weighted by molar-refractivity contribution is 4.54. The zero-order valence-corrected chi connectivity index (χ0v) is 5.35. The summed E-state index contributed by atoms with van der Waals surface area (Å²) >= 11 is 0. The third-order valence-electron chi connectivity index (χ3n) is 0.998. The Morgan fingerprint density at radius 1 is 1.75 bits per heavy atom. The fourth-order valence-electron chi connectivity index (χ4n) is 0.416. The highest BCUT2D eigenvalue weighted by Crippen LogP contribution is 1.86. The van der Waals surface area contributed by atoms with Crippen molar-refractivity contribution in [3.8, 4) is 0 Å². The number of aliphatic hydroxyl groups is 1. The van der Waals surface area contributed by atoms with Gasteiger partial charge in [0.2, 0.25) is 0 Å². The van der Waals surface area contributed by atoms with Crippen LogP contribution in [0, 0.1) is 0 Å². The Bertz CT molecular complexity index is 45.7. The molecule has 0 spiro atoms. The van der Waals surface area contributed by atoms with Gasteiger partial charge in [0, 0.05) is 0 Å². The minimum atomic E-state index is 0.0833. The monoisotopic (exact) mass is 119 g/mol. The molecule has 0 aromatic heterocycles. The quantitative estimate of drug-likeness (QED) is 0.508. The Morgan fingerprint density at radius 2 is 2.38 bits per heavy atom. The Labute approximate surface area is 49.6 Å². The van der Waals surface area contributed by atoms with E-state index in [1.807, 2.05) is 6.92 Å². The number of hydroxylamine groups is 1. The summed E-state index contributed by atoms with van der Waals surface area (Å²) in [4.78, 5) is 4.58. The molecule has 0 saturated heterocycles. The third-order valence-corrected chi connectivity index (χ3v) is 0.998. The van der Waals surface area contributed by atoms with Gasteiger partial charge in [0.1, 0.15) is 0 Å². The summed E-state index contributed by atoms with van der Waals surface area (Å²) in [7, 11) is 1.54. The average Bonchev–Trinajstić information content (AvgIpc) is 1.83. The SMILES string of the molecule is CCC(CO)NOC. The van der Waals surface area contributed by atoms with Crippen LogP contribution in [-0.4, -0.2) is 24.9 Å². The van der Waals surface area contributed by atoms with E-state index in [4.69, 9.17) is 5.11 Å². The molecule has 3 nitrogen and oxygen atoms in total. The molecule has 0 radical (unpaired) electrons. The highest BCUT2D eigenvalue weighted by Gasteiger charge is 1.99. The number of nitrogens with one attached hydrogen (secondary N) is 1. The van der Waals surface area contributed by atoms with Gasteiger partial charge < -0.3 is 9.94 Å². The molecule has 8 heavy (non-hydrogen) atoms. The lowest BCUT2D eigenvalue weighted by Gasteiger charge is -2.09. The van der Waals surface area contributed by atoms with E-state index in [-0.39, 0.29) is 12.6 Å². The molecule has 50 valence electrons. The predicted molar refractivity (Wildman–Crippen MR) is 31.3 cm³/mol. The van der Waals surface area contributed by atoms with Gasteiger partial charge in [-0.1, -0.05) is 6.92 Å². The van der Waals surface area contributed by atoms with Crippen molar-refractivity contribution >= 4 is 0 Å². The molecule has 0 aliphatic rings. The van der Waals surface area contributed by atoms with Gasteiger partial charge >= 0.3 is 0 Å². The highest BCUT2D eigenvalue weighted by atomic mass is 16.6. The van der Waals surface area contributed by atoms with Gasteiger partial charge in [-0.2, -0.15) is 5.48 Å². The Hall–Kier alpha value is -0.120. The first-order valence-corrected chi connectivity index (χ1v) is 2.74. The summed E-state index contributed by atoms with van der Waals surface area (Å²) in [5.41, 5.74) is 2.63. The molecular weight excluding hydrogens is 106 g/mol. The maximum absolute atomic E-state index is 8.51. The van der Waals surface area contributed by atoms with Crippen LogP contribution < -0.4 is 5.48 Å². The van der Waals surface area contributed by atoms with Crippen molar-refractivity contribution in [1.82, 2.24) is 5.48 Å². The van der Waals surface area contributed by atoms with Gasteiger partial charge in [-0.05, 0) is 6.42 Å². The molecule has 0 fully saturated rings. The van der Waals surface area contributed by atoms with Crippen molar-refractivity contribution in [2.45, 2.75) is 19.4 Å². The average molecular weight is 119 g/mol. The molecule has 0 aromatic rings. The molecule has 1 unspecified atom stereocenters. The largest absolute Gasteiger partial charge is 0.395 e. The molecular formula is C5H13NO2. The van der Waals surface area contributed by atoms with E-state index in [0.29, 0.717) is 0 Å². The molecule has 0 saturated carbocycles. The van der Waals surface area contributed by atoms with E-state index in [0.717, 1.165) is 6.42 Å². The van der Waals surface area contributed by atoms with Crippen LogP contribution in [0.15, 0.2) is 0 Å². The first kappa shape index (κ1) is 7.88. The molecule has 0 heterocycles. The molecule has 1 atom stereocenters. The minimum absolute atomic E-state index is 0.0833. The smallest absolute Gasteiger partial charge is 0.0607 e. The maximum atomic E-state index is 8.51. The van der Waals surface area contributed by atoms with E-state index < -0.39 is 0 Å². The first-order chi connectivity index (χ1) is 3.85. The van der Waals surface area contributed by atoms with E-state index in [1.54, 1.807) is 7.11 Å². The summed E-state index contributed by atoms with van der Waals surface area (Å²) in [6, 6.07) is 0.0833. The van der Waals surface area contributed by atoms with Gasteiger partial charge in [-0.3, -0.25) is 0 Å². The van der Waals surface area contributed by atoms with Gasteiger partial charge in [-0.25, -0.2) is 0 Å². The van der Waals surface area contributed by atoms with Crippen LogP contribution in [0.25, 0.3) is 0 Å². The molecule has 2 N–H and O–H groups in total. The second-order valence-electron chi connectivity index (χ2n) is 1.61. The normalized spacial score (nSPS) is 13.9. The lowest BCUT2D eigenvalue weighted by atomic mass is 10.3. The topological polar surface area (TPSA) is 41.5 Å². The maximum Gasteiger partial charge on any atom is 0.0607 e. The van der Waals surface area contributed by atoms with Crippen molar-refractivity contribution in [1.29, 1.82) is 0 Å². The number of hydrogen-bond acceptors (Lipinski definition) is 3. The molecule has 0 aliphatic heterocycles. The van der Waals surface area contributed by atoms with Crippen molar-refractivity contribution in [3.63, 3.8) is 0 Å². The van der Waals surface area contributed by atoms with Crippen LogP contribution in [-0.2, 0) is 4.84 Å². The van der Waals surface area contributed by atoms with Crippen LogP contribution in [0.2, 0.25) is 0 Å². The minimum Gasteiger partial charge on any atom is -0.395 e. The zero-order chi connectivity index (χ0) is 6.41.